The minimum Gasteiger partial charge on any atom is -0.352 e. The Hall–Kier alpha value is -3.22. The van der Waals surface area contributed by atoms with Crippen molar-refractivity contribution in [2.24, 2.45) is 0 Å². The minimum absolute atomic E-state index is 0.0280. The van der Waals surface area contributed by atoms with Crippen LogP contribution in [0.4, 0.5) is 0 Å². The average molecular weight is 377 g/mol. The lowest BCUT2D eigenvalue weighted by atomic mass is 10.1. The molecule has 0 saturated carbocycles. The molecule has 4 rings (SSSR count). The van der Waals surface area contributed by atoms with Gasteiger partial charge in [0.2, 0.25) is 5.91 Å². The van der Waals surface area contributed by atoms with Crippen LogP contribution in [-0.2, 0) is 4.79 Å². The Morgan fingerprint density at radius 2 is 1.96 bits per heavy atom. The van der Waals surface area contributed by atoms with E-state index < -0.39 is 0 Å². The van der Waals surface area contributed by atoms with E-state index in [1.807, 2.05) is 58.8 Å². The third-order valence-electron chi connectivity index (χ3n) is 5.23. The molecule has 0 aliphatic carbocycles. The Labute approximate surface area is 163 Å². The maximum absolute atomic E-state index is 12.8. The first-order chi connectivity index (χ1) is 13.6. The summed E-state index contributed by atoms with van der Waals surface area (Å²) < 4.78 is 1.94. The molecular weight excluding hydrogens is 354 g/mol. The van der Waals surface area contributed by atoms with Crippen LogP contribution in [0.3, 0.4) is 0 Å². The zero-order chi connectivity index (χ0) is 19.5. The smallest absolute Gasteiger partial charge is 0.251 e. The van der Waals surface area contributed by atoms with Gasteiger partial charge in [-0.05, 0) is 43.5 Å². The largest absolute Gasteiger partial charge is 0.352 e. The van der Waals surface area contributed by atoms with E-state index >= 15 is 0 Å². The lowest BCUT2D eigenvalue weighted by Crippen LogP contribution is -2.35. The van der Waals surface area contributed by atoms with Gasteiger partial charge in [-0.2, -0.15) is 0 Å². The topological polar surface area (TPSA) is 79.6 Å². The van der Waals surface area contributed by atoms with Crippen molar-refractivity contribution < 1.29 is 9.59 Å². The molecule has 7 heteroatoms. The lowest BCUT2D eigenvalue weighted by molar-refractivity contribution is -0.132. The number of nitrogens with zero attached hydrogens (tertiary/aromatic N) is 4. The molecule has 2 aromatic heterocycles. The molecule has 1 aliphatic rings. The number of fused-ring (bicyclic) bond motifs is 1. The van der Waals surface area contributed by atoms with Crippen molar-refractivity contribution in [3.63, 3.8) is 0 Å². The predicted molar refractivity (Wildman–Crippen MR) is 105 cm³/mol. The van der Waals surface area contributed by atoms with Crippen LogP contribution in [-0.4, -0.2) is 44.4 Å². The van der Waals surface area contributed by atoms with E-state index in [-0.39, 0.29) is 24.3 Å². The maximum Gasteiger partial charge on any atom is 0.251 e. The molecule has 1 saturated heterocycles. The summed E-state index contributed by atoms with van der Waals surface area (Å²) in [5.41, 5.74) is 2.34. The van der Waals surface area contributed by atoms with Crippen LogP contribution in [0.1, 0.15) is 47.1 Å². The molecule has 3 heterocycles. The van der Waals surface area contributed by atoms with Gasteiger partial charge in [0.1, 0.15) is 0 Å². The molecule has 7 nitrogen and oxygen atoms in total. The zero-order valence-corrected chi connectivity index (χ0v) is 15.8. The summed E-state index contributed by atoms with van der Waals surface area (Å²) in [5.74, 6) is 0.679. The van der Waals surface area contributed by atoms with Crippen LogP contribution in [0.15, 0.2) is 48.7 Å². The zero-order valence-electron chi connectivity index (χ0n) is 15.8. The SMILES string of the molecule is Cc1ccccc1C(=O)NCCC(=O)N1CCC[C@H]1c1nnc2ccccn12. The van der Waals surface area contributed by atoms with Gasteiger partial charge in [0, 0.05) is 31.3 Å². The van der Waals surface area contributed by atoms with Gasteiger partial charge >= 0.3 is 0 Å². The van der Waals surface area contributed by atoms with Crippen molar-refractivity contribution in [3.8, 4) is 0 Å². The summed E-state index contributed by atoms with van der Waals surface area (Å²) in [4.78, 5) is 27.0. The van der Waals surface area contributed by atoms with Crippen LogP contribution in [0.25, 0.3) is 5.65 Å². The molecule has 0 spiro atoms. The Morgan fingerprint density at radius 1 is 1.14 bits per heavy atom. The number of hydrogen-bond acceptors (Lipinski definition) is 4. The van der Waals surface area contributed by atoms with E-state index in [0.717, 1.165) is 29.9 Å². The maximum atomic E-state index is 12.8. The van der Waals surface area contributed by atoms with Gasteiger partial charge in [0.05, 0.1) is 6.04 Å². The number of likely N-dealkylation sites (tertiary alicyclic amines) is 1. The summed E-state index contributed by atoms with van der Waals surface area (Å²) in [6.45, 7) is 2.92. The van der Waals surface area contributed by atoms with Crippen molar-refractivity contribution in [2.45, 2.75) is 32.2 Å². The molecule has 3 aromatic rings. The third kappa shape index (κ3) is 3.47. The number of rotatable bonds is 5. The molecule has 1 aliphatic heterocycles. The highest BCUT2D eigenvalue weighted by molar-refractivity contribution is 5.95. The Balaban J connectivity index is 1.39. The molecule has 1 fully saturated rings. The van der Waals surface area contributed by atoms with Crippen LogP contribution in [0, 0.1) is 6.92 Å². The number of benzene rings is 1. The second-order valence-corrected chi connectivity index (χ2v) is 7.05. The molecule has 1 atom stereocenters. The summed E-state index contributed by atoms with van der Waals surface area (Å²) in [5, 5.41) is 11.4. The van der Waals surface area contributed by atoms with E-state index in [4.69, 9.17) is 0 Å². The fraction of sp³-hybridized carbons (Fsp3) is 0.333. The highest BCUT2D eigenvalue weighted by Gasteiger charge is 2.32. The molecule has 1 N–H and O–H groups in total. The van der Waals surface area contributed by atoms with Gasteiger partial charge in [-0.25, -0.2) is 0 Å². The van der Waals surface area contributed by atoms with Gasteiger partial charge in [-0.3, -0.25) is 14.0 Å². The van der Waals surface area contributed by atoms with Gasteiger partial charge in [0.25, 0.3) is 5.91 Å². The third-order valence-corrected chi connectivity index (χ3v) is 5.23. The van der Waals surface area contributed by atoms with Gasteiger partial charge in [-0.15, -0.1) is 10.2 Å². The quantitative estimate of drug-likeness (QED) is 0.741. The molecule has 1 aromatic carbocycles. The summed E-state index contributed by atoms with van der Waals surface area (Å²) in [6.07, 6.45) is 4.00. The molecule has 0 bridgehead atoms. The molecule has 2 amide bonds. The number of aryl methyl sites for hydroxylation is 1. The van der Waals surface area contributed by atoms with Crippen LogP contribution < -0.4 is 5.32 Å². The Kier molecular flexibility index (Phi) is 5.06. The molecule has 144 valence electrons. The number of amides is 2. The van der Waals surface area contributed by atoms with Crippen LogP contribution in [0.2, 0.25) is 0 Å². The fourth-order valence-electron chi connectivity index (χ4n) is 3.77. The second kappa shape index (κ2) is 7.80. The molecule has 0 unspecified atom stereocenters. The monoisotopic (exact) mass is 377 g/mol. The predicted octanol–water partition coefficient (Wildman–Crippen LogP) is 2.52. The lowest BCUT2D eigenvalue weighted by Gasteiger charge is -2.23. The minimum atomic E-state index is -0.146. The van der Waals surface area contributed by atoms with Crippen molar-refractivity contribution in [3.05, 3.63) is 65.6 Å². The summed E-state index contributed by atoms with van der Waals surface area (Å²) in [7, 11) is 0. The summed E-state index contributed by atoms with van der Waals surface area (Å²) in [6, 6.07) is 13.1. The Bertz CT molecular complexity index is 1010. The van der Waals surface area contributed by atoms with Crippen molar-refractivity contribution in [2.75, 3.05) is 13.1 Å². The molecule has 28 heavy (non-hydrogen) atoms. The van der Waals surface area contributed by atoms with E-state index in [1.165, 1.54) is 0 Å². The van der Waals surface area contributed by atoms with Gasteiger partial charge in [-0.1, -0.05) is 24.3 Å². The number of pyridine rings is 1. The summed E-state index contributed by atoms with van der Waals surface area (Å²) >= 11 is 0. The van der Waals surface area contributed by atoms with Crippen molar-refractivity contribution >= 4 is 17.5 Å². The molecular formula is C21H23N5O2. The van der Waals surface area contributed by atoms with Crippen LogP contribution >= 0.6 is 0 Å². The number of carbonyl (C=O) groups excluding carboxylic acids is 2. The van der Waals surface area contributed by atoms with Crippen molar-refractivity contribution in [1.82, 2.24) is 24.8 Å². The first kappa shape index (κ1) is 18.2. The van der Waals surface area contributed by atoms with Gasteiger partial charge in [0.15, 0.2) is 11.5 Å². The molecule has 0 radical (unpaired) electrons. The first-order valence-electron chi connectivity index (χ1n) is 9.58. The standard InChI is InChI=1S/C21H23N5O2/c1-15-7-2-3-8-16(15)21(28)22-12-11-19(27)25-14-6-9-17(25)20-24-23-18-10-4-5-13-26(18)20/h2-5,7-8,10,13,17H,6,9,11-12,14H2,1H3,(H,22,28)/t17-/m0/s1. The van der Waals surface area contributed by atoms with Crippen molar-refractivity contribution in [1.29, 1.82) is 0 Å². The average Bonchev–Trinajstić information content (AvgIpc) is 3.34. The second-order valence-electron chi connectivity index (χ2n) is 7.05. The number of hydrogen-bond donors (Lipinski definition) is 1. The normalized spacial score (nSPS) is 16.5. The highest BCUT2D eigenvalue weighted by Crippen LogP contribution is 2.31. The van der Waals surface area contributed by atoms with E-state index in [2.05, 4.69) is 15.5 Å². The number of nitrogens with one attached hydrogen (secondary N) is 1. The van der Waals surface area contributed by atoms with E-state index in [9.17, 15) is 9.59 Å². The number of aromatic nitrogens is 3. The highest BCUT2D eigenvalue weighted by atomic mass is 16.2. The van der Waals surface area contributed by atoms with Crippen LogP contribution in [0.5, 0.6) is 0 Å². The number of carbonyl (C=O) groups is 2. The Morgan fingerprint density at radius 3 is 2.82 bits per heavy atom. The fourth-order valence-corrected chi connectivity index (χ4v) is 3.77. The van der Waals surface area contributed by atoms with E-state index in [1.54, 1.807) is 6.07 Å². The van der Waals surface area contributed by atoms with Gasteiger partial charge < -0.3 is 10.2 Å². The van der Waals surface area contributed by atoms with E-state index in [0.29, 0.717) is 18.7 Å². The first-order valence-corrected chi connectivity index (χ1v) is 9.58.